The zero-order valence-electron chi connectivity index (χ0n) is 17.7. The molecule has 1 aromatic rings. The quantitative estimate of drug-likeness (QED) is 0.555. The van der Waals surface area contributed by atoms with Crippen molar-refractivity contribution in [3.8, 4) is 0 Å². The Morgan fingerprint density at radius 1 is 1.10 bits per heavy atom. The standard InChI is InChI=1S/C24H34NO4/c1-23(2,3)29-22(28)25-20(16-24(13-14-24)21(26)27)15-17-9-11-19(12-10-17)18-7-5-4-6-8-18/h4-9,11,20-22,25-26,28H,10,12-16H2,1-3H3/q-1. The summed E-state index contributed by atoms with van der Waals surface area (Å²) in [6.07, 6.45) is 6.30. The highest BCUT2D eigenvalue weighted by molar-refractivity contribution is 5.68. The van der Waals surface area contributed by atoms with Crippen LogP contribution in [0.4, 0.5) is 0 Å². The van der Waals surface area contributed by atoms with E-state index in [1.165, 1.54) is 16.7 Å². The summed E-state index contributed by atoms with van der Waals surface area (Å²) in [5.41, 5.74) is 2.80. The van der Waals surface area contributed by atoms with Gasteiger partial charge in [0.25, 0.3) is 0 Å². The van der Waals surface area contributed by atoms with Crippen molar-refractivity contribution < 1.29 is 20.1 Å². The number of ether oxygens (including phenoxy) is 1. The van der Waals surface area contributed by atoms with Gasteiger partial charge in [0.15, 0.2) is 0 Å². The van der Waals surface area contributed by atoms with Gasteiger partial charge >= 0.3 is 0 Å². The van der Waals surface area contributed by atoms with Crippen LogP contribution < -0.4 is 10.4 Å². The van der Waals surface area contributed by atoms with Crippen molar-refractivity contribution >= 4 is 5.57 Å². The van der Waals surface area contributed by atoms with E-state index in [2.05, 4.69) is 41.7 Å². The van der Waals surface area contributed by atoms with Crippen molar-refractivity contribution in [1.82, 2.24) is 5.32 Å². The second-order valence-corrected chi connectivity index (χ2v) is 9.45. The molecule has 0 radical (unpaired) electrons. The molecule has 5 nitrogen and oxygen atoms in total. The van der Waals surface area contributed by atoms with Crippen molar-refractivity contribution in [2.75, 3.05) is 0 Å². The first-order valence-electron chi connectivity index (χ1n) is 10.6. The normalized spacial score (nSPS) is 21.7. The molecule has 0 aromatic heterocycles. The Morgan fingerprint density at radius 3 is 2.31 bits per heavy atom. The lowest BCUT2D eigenvalue weighted by molar-refractivity contribution is -0.502. The molecule has 29 heavy (non-hydrogen) atoms. The predicted octanol–water partition coefficient (Wildman–Crippen LogP) is 3.08. The maximum Gasteiger partial charge on any atom is 0.214 e. The van der Waals surface area contributed by atoms with E-state index >= 15 is 0 Å². The van der Waals surface area contributed by atoms with Crippen LogP contribution in [0, 0.1) is 5.41 Å². The van der Waals surface area contributed by atoms with Crippen molar-refractivity contribution in [1.29, 1.82) is 0 Å². The van der Waals surface area contributed by atoms with Gasteiger partial charge < -0.3 is 20.1 Å². The molecule has 0 aliphatic heterocycles. The SMILES string of the molecule is CC(C)(C)OC(O)NC(CC1=CC=C(c2ccccc2)CC1)CC1(C([O-])O)CC1. The fourth-order valence-corrected chi connectivity index (χ4v) is 4.02. The Morgan fingerprint density at radius 2 is 1.79 bits per heavy atom. The molecule has 3 rings (SSSR count). The van der Waals surface area contributed by atoms with Crippen molar-refractivity contribution in [3.63, 3.8) is 0 Å². The first-order chi connectivity index (χ1) is 13.7. The minimum Gasteiger partial charge on any atom is -0.831 e. The third-order valence-corrected chi connectivity index (χ3v) is 5.80. The highest BCUT2D eigenvalue weighted by Gasteiger charge is 2.45. The predicted molar refractivity (Wildman–Crippen MR) is 112 cm³/mol. The average Bonchev–Trinajstić information content (AvgIpc) is 3.42. The van der Waals surface area contributed by atoms with Gasteiger partial charge in [-0.05, 0) is 82.1 Å². The van der Waals surface area contributed by atoms with E-state index in [1.807, 2.05) is 26.8 Å². The van der Waals surface area contributed by atoms with E-state index in [1.54, 1.807) is 0 Å². The molecule has 0 heterocycles. The van der Waals surface area contributed by atoms with Crippen LogP contribution in [-0.4, -0.2) is 34.6 Å². The Hall–Kier alpha value is -1.50. The molecular weight excluding hydrogens is 366 g/mol. The van der Waals surface area contributed by atoms with Gasteiger partial charge in [0, 0.05) is 6.04 Å². The summed E-state index contributed by atoms with van der Waals surface area (Å²) in [5, 5.41) is 34.9. The lowest BCUT2D eigenvalue weighted by atomic mass is 9.87. The van der Waals surface area contributed by atoms with Crippen LogP contribution in [0.3, 0.4) is 0 Å². The molecule has 0 saturated heterocycles. The average molecular weight is 401 g/mol. The monoisotopic (exact) mass is 400 g/mol. The van der Waals surface area contributed by atoms with Gasteiger partial charge in [-0.15, -0.1) is 0 Å². The summed E-state index contributed by atoms with van der Waals surface area (Å²) >= 11 is 0. The zero-order valence-corrected chi connectivity index (χ0v) is 17.7. The molecule has 1 aromatic carbocycles. The fourth-order valence-electron chi connectivity index (χ4n) is 4.02. The molecule has 1 fully saturated rings. The molecular formula is C24H34NO4-. The van der Waals surface area contributed by atoms with Crippen LogP contribution in [0.25, 0.3) is 5.57 Å². The van der Waals surface area contributed by atoms with E-state index in [0.717, 1.165) is 32.1 Å². The number of benzene rings is 1. The lowest BCUT2D eigenvalue weighted by Crippen LogP contribution is -2.47. The molecule has 160 valence electrons. The first kappa shape index (κ1) is 22.2. The number of allylic oxidation sites excluding steroid dienone is 3. The first-order valence-corrected chi connectivity index (χ1v) is 10.6. The number of nitrogens with one attached hydrogen (secondary N) is 1. The smallest absolute Gasteiger partial charge is 0.214 e. The van der Waals surface area contributed by atoms with Crippen LogP contribution in [0.5, 0.6) is 0 Å². The number of hydrogen-bond acceptors (Lipinski definition) is 5. The maximum atomic E-state index is 11.8. The van der Waals surface area contributed by atoms with E-state index in [4.69, 9.17) is 4.74 Å². The Labute approximate surface area is 174 Å². The third kappa shape index (κ3) is 6.49. The van der Waals surface area contributed by atoms with E-state index in [9.17, 15) is 15.3 Å². The van der Waals surface area contributed by atoms with E-state index < -0.39 is 23.7 Å². The maximum absolute atomic E-state index is 11.8. The fraction of sp³-hybridized carbons (Fsp3) is 0.583. The minimum atomic E-state index is -1.57. The van der Waals surface area contributed by atoms with Crippen molar-refractivity contribution in [2.45, 2.75) is 83.6 Å². The van der Waals surface area contributed by atoms with Crippen molar-refractivity contribution in [2.24, 2.45) is 5.41 Å². The molecule has 3 N–H and O–H groups in total. The van der Waals surface area contributed by atoms with E-state index in [0.29, 0.717) is 6.42 Å². The Kier molecular flexibility index (Phi) is 6.97. The molecule has 3 unspecified atom stereocenters. The molecule has 1 saturated carbocycles. The zero-order chi connectivity index (χ0) is 21.1. The lowest BCUT2D eigenvalue weighted by Gasteiger charge is -2.34. The molecule has 5 heteroatoms. The molecule has 0 amide bonds. The highest BCUT2D eigenvalue weighted by atomic mass is 16.6. The van der Waals surface area contributed by atoms with E-state index in [-0.39, 0.29) is 6.04 Å². The van der Waals surface area contributed by atoms with Crippen LogP contribution in [-0.2, 0) is 4.74 Å². The summed E-state index contributed by atoms with van der Waals surface area (Å²) in [6, 6.07) is 10.2. The van der Waals surface area contributed by atoms with Gasteiger partial charge in [0.1, 0.15) is 0 Å². The molecule has 2 aliphatic carbocycles. The van der Waals surface area contributed by atoms with Gasteiger partial charge in [0.05, 0.1) is 5.60 Å². The van der Waals surface area contributed by atoms with Gasteiger partial charge in [0.2, 0.25) is 6.41 Å². The summed E-state index contributed by atoms with van der Waals surface area (Å²) in [4.78, 5) is 0. The Balaban J connectivity index is 1.68. The van der Waals surface area contributed by atoms with Crippen LogP contribution >= 0.6 is 0 Å². The highest BCUT2D eigenvalue weighted by Crippen LogP contribution is 2.51. The number of rotatable bonds is 9. The Bertz CT molecular complexity index is 729. The van der Waals surface area contributed by atoms with Gasteiger partial charge in [-0.2, -0.15) is 0 Å². The number of aliphatic hydroxyl groups is 2. The van der Waals surface area contributed by atoms with Gasteiger partial charge in [-0.25, -0.2) is 0 Å². The molecule has 3 atom stereocenters. The summed E-state index contributed by atoms with van der Waals surface area (Å²) in [6.45, 7) is 5.66. The van der Waals surface area contributed by atoms with Crippen LogP contribution in [0.2, 0.25) is 0 Å². The number of hydrogen-bond donors (Lipinski definition) is 3. The number of aliphatic hydroxyl groups excluding tert-OH is 2. The molecule has 2 aliphatic rings. The topological polar surface area (TPSA) is 84.8 Å². The van der Waals surface area contributed by atoms with Crippen molar-refractivity contribution in [3.05, 3.63) is 53.6 Å². The minimum absolute atomic E-state index is 0.128. The molecule has 0 bridgehead atoms. The third-order valence-electron chi connectivity index (χ3n) is 5.80. The molecule has 0 spiro atoms. The largest absolute Gasteiger partial charge is 0.831 e. The second-order valence-electron chi connectivity index (χ2n) is 9.45. The second kappa shape index (κ2) is 9.11. The summed E-state index contributed by atoms with van der Waals surface area (Å²) in [5.74, 6) is 0. The summed E-state index contributed by atoms with van der Waals surface area (Å²) < 4.78 is 5.60. The van der Waals surface area contributed by atoms with Crippen LogP contribution in [0.15, 0.2) is 48.1 Å². The van der Waals surface area contributed by atoms with Gasteiger partial charge in [-0.3, -0.25) is 5.32 Å². The summed E-state index contributed by atoms with van der Waals surface area (Å²) in [7, 11) is 0. The van der Waals surface area contributed by atoms with Gasteiger partial charge in [-0.1, -0.05) is 48.1 Å². The van der Waals surface area contributed by atoms with Crippen LogP contribution in [0.1, 0.15) is 64.9 Å².